The first-order valence-corrected chi connectivity index (χ1v) is 7.39. The van der Waals surface area contributed by atoms with Crippen molar-refractivity contribution in [3.05, 3.63) is 11.8 Å². The number of likely N-dealkylation sites (tertiary alicyclic amines) is 1. The lowest BCUT2D eigenvalue weighted by molar-refractivity contribution is -0.132. The number of alkyl halides is 3. The van der Waals surface area contributed by atoms with E-state index in [0.29, 0.717) is 13.0 Å². The molecule has 1 aromatic rings. The van der Waals surface area contributed by atoms with E-state index >= 15 is 0 Å². The van der Waals surface area contributed by atoms with Gasteiger partial charge in [-0.05, 0) is 19.3 Å². The number of hydrogen-bond donors (Lipinski definition) is 1. The fourth-order valence-electron chi connectivity index (χ4n) is 2.73. The zero-order valence-corrected chi connectivity index (χ0v) is 12.5. The molecule has 24 heavy (non-hydrogen) atoms. The molecule has 1 aromatic heterocycles. The van der Waals surface area contributed by atoms with Crippen LogP contribution in [0.5, 0.6) is 0 Å². The third-order valence-electron chi connectivity index (χ3n) is 3.77. The van der Waals surface area contributed by atoms with Crippen molar-refractivity contribution in [3.63, 3.8) is 0 Å². The Labute approximate surface area is 134 Å². The highest BCUT2D eigenvalue weighted by atomic mass is 19.4. The molecule has 2 aliphatic heterocycles. The van der Waals surface area contributed by atoms with Crippen molar-refractivity contribution in [2.75, 3.05) is 6.54 Å². The van der Waals surface area contributed by atoms with Gasteiger partial charge in [0.15, 0.2) is 0 Å². The molecule has 0 radical (unpaired) electrons. The topological polar surface area (TPSA) is 101 Å². The fourth-order valence-corrected chi connectivity index (χ4v) is 2.73. The van der Waals surface area contributed by atoms with Gasteiger partial charge in [0.25, 0.3) is 5.91 Å². The Morgan fingerprint density at radius 1 is 1.33 bits per heavy atom. The van der Waals surface area contributed by atoms with Crippen LogP contribution in [0.25, 0.3) is 0 Å². The van der Waals surface area contributed by atoms with E-state index in [0.717, 1.165) is 12.8 Å². The van der Waals surface area contributed by atoms with Gasteiger partial charge in [-0.2, -0.15) is 18.3 Å². The van der Waals surface area contributed by atoms with Gasteiger partial charge in [-0.25, -0.2) is 5.43 Å². The minimum absolute atomic E-state index is 0.0276. The number of nitrogens with one attached hydrogen (secondary N) is 1. The summed E-state index contributed by atoms with van der Waals surface area (Å²) in [5.74, 6) is -1.39. The molecule has 0 aliphatic carbocycles. The molecule has 0 aromatic carbocycles. The summed E-state index contributed by atoms with van der Waals surface area (Å²) in [6.07, 6.45) is -3.88. The molecule has 11 heteroatoms. The molecule has 3 heterocycles. The number of aromatic nitrogens is 2. The maximum absolute atomic E-state index is 12.5. The van der Waals surface area contributed by atoms with Crippen LogP contribution in [0.3, 0.4) is 0 Å². The molecule has 3 rings (SSSR count). The Balaban J connectivity index is 1.77. The highest BCUT2D eigenvalue weighted by molar-refractivity contribution is 6.43. The summed E-state index contributed by atoms with van der Waals surface area (Å²) in [7, 11) is 0. The van der Waals surface area contributed by atoms with Gasteiger partial charge in [-0.3, -0.25) is 9.59 Å². The first kappa shape index (κ1) is 16.4. The van der Waals surface area contributed by atoms with Crippen LogP contribution in [0.1, 0.15) is 43.5 Å². The van der Waals surface area contributed by atoms with E-state index in [1.54, 1.807) is 0 Å². The first-order valence-electron chi connectivity index (χ1n) is 7.39. The molecule has 0 spiro atoms. The molecule has 1 unspecified atom stereocenters. The number of carbonyl (C=O) groups excluding carboxylic acids is 2. The van der Waals surface area contributed by atoms with Gasteiger partial charge in [0.1, 0.15) is 18.2 Å². The molecule has 0 bridgehead atoms. The maximum atomic E-state index is 12.5. The minimum atomic E-state index is -4.45. The molecule has 130 valence electrons. The Bertz CT molecular complexity index is 685. The smallest absolute Gasteiger partial charge is 0.397 e. The molecule has 1 N–H and O–H groups in total. The van der Waals surface area contributed by atoms with E-state index in [1.807, 2.05) is 0 Å². The summed E-state index contributed by atoms with van der Waals surface area (Å²) in [5, 5.41) is 10.8. The van der Waals surface area contributed by atoms with Crippen molar-refractivity contribution < 1.29 is 27.2 Å². The zero-order chi connectivity index (χ0) is 17.3. The van der Waals surface area contributed by atoms with Gasteiger partial charge in [0.05, 0.1) is 6.42 Å². The van der Waals surface area contributed by atoms with Crippen LogP contribution < -0.4 is 5.43 Å². The first-order chi connectivity index (χ1) is 11.3. The molecule has 1 atom stereocenters. The lowest BCUT2D eigenvalue weighted by Gasteiger charge is -2.33. The number of carbonyl (C=O) groups is 2. The molecule has 8 nitrogen and oxygen atoms in total. The Kier molecular flexibility index (Phi) is 4.24. The van der Waals surface area contributed by atoms with Gasteiger partial charge in [0.2, 0.25) is 17.7 Å². The molecule has 2 amide bonds. The number of halogens is 3. The van der Waals surface area contributed by atoms with Crippen LogP contribution in [0.15, 0.2) is 9.52 Å². The lowest BCUT2D eigenvalue weighted by atomic mass is 10.0. The minimum Gasteiger partial charge on any atom is -0.423 e. The number of piperidine rings is 1. The largest absolute Gasteiger partial charge is 0.423 e. The normalized spacial score (nSPS) is 21.6. The molecule has 2 aliphatic rings. The van der Waals surface area contributed by atoms with Crippen molar-refractivity contribution in [1.29, 1.82) is 0 Å². The van der Waals surface area contributed by atoms with Crippen LogP contribution in [-0.2, 0) is 16.0 Å². The third-order valence-corrected chi connectivity index (χ3v) is 3.77. The fraction of sp³-hybridized carbons (Fsp3) is 0.615. The van der Waals surface area contributed by atoms with Gasteiger partial charge >= 0.3 is 6.18 Å². The molecular formula is C13H14F3N5O3. The van der Waals surface area contributed by atoms with Crippen molar-refractivity contribution in [1.82, 2.24) is 20.5 Å². The standard InChI is InChI=1S/C13H14F3N5O3/c14-13(15,16)6-10-19-20-11(24-10)8-3-1-2-4-21(8)12(23)7-5-9(22)18-17-7/h8H,1-6H2,(H,18,22). The lowest BCUT2D eigenvalue weighted by Crippen LogP contribution is -2.42. The molecule has 1 saturated heterocycles. The maximum Gasteiger partial charge on any atom is 0.397 e. The monoisotopic (exact) mass is 345 g/mol. The Morgan fingerprint density at radius 3 is 2.79 bits per heavy atom. The number of amides is 2. The van der Waals surface area contributed by atoms with Crippen molar-refractivity contribution in [3.8, 4) is 0 Å². The van der Waals surface area contributed by atoms with E-state index in [-0.39, 0.29) is 23.9 Å². The SMILES string of the molecule is O=C1CC(C(=O)N2CCCCC2c2nnc(CC(F)(F)F)o2)=NN1. The predicted molar refractivity (Wildman–Crippen MR) is 72.6 cm³/mol. The number of hydrazone groups is 1. The van der Waals surface area contributed by atoms with Crippen molar-refractivity contribution in [2.24, 2.45) is 5.10 Å². The van der Waals surface area contributed by atoms with E-state index in [9.17, 15) is 22.8 Å². The molecule has 0 saturated carbocycles. The van der Waals surface area contributed by atoms with E-state index in [2.05, 4.69) is 20.7 Å². The summed E-state index contributed by atoms with van der Waals surface area (Å²) in [5.41, 5.74) is 2.27. The number of rotatable bonds is 3. The highest BCUT2D eigenvalue weighted by Gasteiger charge is 2.37. The third kappa shape index (κ3) is 3.54. The molecule has 1 fully saturated rings. The predicted octanol–water partition coefficient (Wildman–Crippen LogP) is 1.10. The summed E-state index contributed by atoms with van der Waals surface area (Å²) in [4.78, 5) is 25.1. The summed E-state index contributed by atoms with van der Waals surface area (Å²) >= 11 is 0. The van der Waals surface area contributed by atoms with Crippen LogP contribution >= 0.6 is 0 Å². The summed E-state index contributed by atoms with van der Waals surface area (Å²) in [6, 6.07) is -0.612. The van der Waals surface area contributed by atoms with E-state index in [1.165, 1.54) is 4.90 Å². The average molecular weight is 345 g/mol. The summed E-state index contributed by atoms with van der Waals surface area (Å²) in [6.45, 7) is 0.383. The van der Waals surface area contributed by atoms with Gasteiger partial charge in [-0.1, -0.05) is 0 Å². The number of hydrogen-bond acceptors (Lipinski definition) is 6. The van der Waals surface area contributed by atoms with Gasteiger partial charge in [-0.15, -0.1) is 10.2 Å². The van der Waals surface area contributed by atoms with Gasteiger partial charge < -0.3 is 9.32 Å². The second-order valence-electron chi connectivity index (χ2n) is 5.61. The van der Waals surface area contributed by atoms with E-state index < -0.39 is 30.4 Å². The molecular weight excluding hydrogens is 331 g/mol. The van der Waals surface area contributed by atoms with E-state index in [4.69, 9.17) is 4.42 Å². The summed E-state index contributed by atoms with van der Waals surface area (Å²) < 4.78 is 42.3. The van der Waals surface area contributed by atoms with Crippen LogP contribution in [0, 0.1) is 0 Å². The second kappa shape index (κ2) is 6.21. The van der Waals surface area contributed by atoms with Crippen LogP contribution in [0.4, 0.5) is 13.2 Å². The number of nitrogens with zero attached hydrogens (tertiary/aromatic N) is 4. The second-order valence-corrected chi connectivity index (χ2v) is 5.61. The zero-order valence-electron chi connectivity index (χ0n) is 12.5. The van der Waals surface area contributed by atoms with Crippen LogP contribution in [-0.4, -0.2) is 45.3 Å². The van der Waals surface area contributed by atoms with Gasteiger partial charge in [0, 0.05) is 6.54 Å². The van der Waals surface area contributed by atoms with Crippen LogP contribution in [0.2, 0.25) is 0 Å². The van der Waals surface area contributed by atoms with Crippen molar-refractivity contribution in [2.45, 2.75) is 44.3 Å². The average Bonchev–Trinajstić information content (AvgIpc) is 3.14. The Hall–Kier alpha value is -2.46. The quantitative estimate of drug-likeness (QED) is 0.884. The van der Waals surface area contributed by atoms with Crippen molar-refractivity contribution >= 4 is 17.5 Å². The Morgan fingerprint density at radius 2 is 2.12 bits per heavy atom. The highest BCUT2D eigenvalue weighted by Crippen LogP contribution is 2.31.